The number of aromatic nitrogens is 2. The lowest BCUT2D eigenvalue weighted by atomic mass is 10.4. The summed E-state index contributed by atoms with van der Waals surface area (Å²) in [5.74, 6) is -0.465. The maximum absolute atomic E-state index is 11.1. The molecule has 66 valence electrons. The topological polar surface area (TPSA) is 71.0 Å². The standard InChI is InChI=1S/C7H11N3O2/c1-3-5(11)10-6(12)4-9(2)7(10)8/h4,8,12H,3H2,1-2H3. The number of aromatic hydroxyl groups is 1. The van der Waals surface area contributed by atoms with Crippen LogP contribution in [0.15, 0.2) is 6.20 Å². The van der Waals surface area contributed by atoms with Crippen molar-refractivity contribution >= 4 is 5.91 Å². The first-order valence-corrected chi connectivity index (χ1v) is 3.63. The van der Waals surface area contributed by atoms with E-state index in [1.165, 1.54) is 10.8 Å². The molecule has 0 saturated heterocycles. The first-order valence-electron chi connectivity index (χ1n) is 3.63. The molecule has 0 unspecified atom stereocenters. The van der Waals surface area contributed by atoms with Crippen LogP contribution < -0.4 is 5.62 Å². The zero-order valence-corrected chi connectivity index (χ0v) is 7.03. The van der Waals surface area contributed by atoms with Crippen molar-refractivity contribution in [2.75, 3.05) is 0 Å². The summed E-state index contributed by atoms with van der Waals surface area (Å²) in [6.45, 7) is 1.68. The summed E-state index contributed by atoms with van der Waals surface area (Å²) >= 11 is 0. The number of carbonyl (C=O) groups is 1. The van der Waals surface area contributed by atoms with E-state index in [4.69, 9.17) is 5.41 Å². The normalized spacial score (nSPS) is 10.2. The molecule has 1 rings (SSSR count). The highest BCUT2D eigenvalue weighted by Gasteiger charge is 2.10. The Morgan fingerprint density at radius 1 is 1.75 bits per heavy atom. The molecule has 0 aliphatic rings. The largest absolute Gasteiger partial charge is 0.493 e. The molecule has 1 aromatic rings. The van der Waals surface area contributed by atoms with Gasteiger partial charge < -0.3 is 9.67 Å². The molecule has 0 bridgehead atoms. The van der Waals surface area contributed by atoms with Crippen LogP contribution in [0.4, 0.5) is 0 Å². The van der Waals surface area contributed by atoms with Gasteiger partial charge in [-0.2, -0.15) is 0 Å². The number of aryl methyl sites for hydroxylation is 1. The van der Waals surface area contributed by atoms with Gasteiger partial charge in [0, 0.05) is 13.5 Å². The van der Waals surface area contributed by atoms with Gasteiger partial charge in [0.05, 0.1) is 6.20 Å². The fraction of sp³-hybridized carbons (Fsp3) is 0.429. The summed E-state index contributed by atoms with van der Waals surface area (Å²) in [4.78, 5) is 11.1. The van der Waals surface area contributed by atoms with Crippen LogP contribution in [0.1, 0.15) is 18.1 Å². The highest BCUT2D eigenvalue weighted by molar-refractivity contribution is 5.79. The number of rotatable bonds is 1. The molecule has 5 heteroatoms. The summed E-state index contributed by atoms with van der Waals surface area (Å²) < 4.78 is 2.35. The van der Waals surface area contributed by atoms with Gasteiger partial charge in [-0.25, -0.2) is 4.57 Å². The first-order chi connectivity index (χ1) is 5.57. The molecule has 0 saturated carbocycles. The molecule has 1 heterocycles. The molecule has 0 fully saturated rings. The molecule has 1 aromatic heterocycles. The van der Waals surface area contributed by atoms with Crippen molar-refractivity contribution in [2.45, 2.75) is 13.3 Å². The van der Waals surface area contributed by atoms with E-state index in [-0.39, 0.29) is 23.8 Å². The van der Waals surface area contributed by atoms with E-state index < -0.39 is 0 Å². The van der Waals surface area contributed by atoms with Crippen LogP contribution in [-0.2, 0) is 7.05 Å². The average Bonchev–Trinajstić information content (AvgIpc) is 2.26. The van der Waals surface area contributed by atoms with E-state index in [0.717, 1.165) is 4.57 Å². The second-order valence-corrected chi connectivity index (χ2v) is 2.50. The predicted octanol–water partition coefficient (Wildman–Crippen LogP) is 0.0619. The first kappa shape index (κ1) is 8.58. The summed E-state index contributed by atoms with van der Waals surface area (Å²) in [6.07, 6.45) is 1.60. The Morgan fingerprint density at radius 3 is 2.67 bits per heavy atom. The molecule has 0 aliphatic heterocycles. The Balaban J connectivity index is 3.32. The molecule has 0 radical (unpaired) electrons. The van der Waals surface area contributed by atoms with Crippen LogP contribution in [0.5, 0.6) is 5.88 Å². The highest BCUT2D eigenvalue weighted by atomic mass is 16.3. The Morgan fingerprint density at radius 2 is 2.33 bits per heavy atom. The van der Waals surface area contributed by atoms with Gasteiger partial charge in [0.2, 0.25) is 17.4 Å². The van der Waals surface area contributed by atoms with Crippen LogP contribution >= 0.6 is 0 Å². The predicted molar refractivity (Wildman–Crippen MR) is 41.8 cm³/mol. The van der Waals surface area contributed by atoms with Gasteiger partial charge in [0.1, 0.15) is 0 Å². The molecule has 12 heavy (non-hydrogen) atoms. The highest BCUT2D eigenvalue weighted by Crippen LogP contribution is 2.04. The number of hydrogen-bond acceptors (Lipinski definition) is 3. The minimum absolute atomic E-state index is 0.0145. The monoisotopic (exact) mass is 169 g/mol. The minimum Gasteiger partial charge on any atom is -0.493 e. The van der Waals surface area contributed by atoms with Gasteiger partial charge in [0.25, 0.3) is 0 Å². The van der Waals surface area contributed by atoms with Crippen molar-refractivity contribution in [3.63, 3.8) is 0 Å². The van der Waals surface area contributed by atoms with Gasteiger partial charge in [-0.15, -0.1) is 0 Å². The lowest BCUT2D eigenvalue weighted by Crippen LogP contribution is -2.27. The summed E-state index contributed by atoms with van der Waals surface area (Å²) in [6, 6.07) is 0. The second kappa shape index (κ2) is 2.84. The van der Waals surface area contributed by atoms with Crippen molar-refractivity contribution < 1.29 is 9.90 Å². The zero-order chi connectivity index (χ0) is 9.30. The Labute approximate surface area is 69.4 Å². The van der Waals surface area contributed by atoms with Crippen LogP contribution in [-0.4, -0.2) is 20.1 Å². The smallest absolute Gasteiger partial charge is 0.236 e. The summed E-state index contributed by atoms with van der Waals surface area (Å²) in [5, 5.41) is 16.6. The van der Waals surface area contributed by atoms with Gasteiger partial charge >= 0.3 is 0 Å². The van der Waals surface area contributed by atoms with Crippen LogP contribution in [0.3, 0.4) is 0 Å². The number of carbonyl (C=O) groups excluding carboxylic acids is 1. The minimum atomic E-state index is -0.280. The maximum atomic E-state index is 11.1. The van der Waals surface area contributed by atoms with Crippen molar-refractivity contribution in [3.8, 4) is 5.88 Å². The number of hydrogen-bond donors (Lipinski definition) is 2. The van der Waals surface area contributed by atoms with E-state index >= 15 is 0 Å². The Kier molecular flexibility index (Phi) is 2.03. The molecule has 0 spiro atoms. The third-order valence-corrected chi connectivity index (χ3v) is 1.64. The van der Waals surface area contributed by atoms with E-state index in [1.54, 1.807) is 14.0 Å². The van der Waals surface area contributed by atoms with Gasteiger partial charge in [-0.1, -0.05) is 6.92 Å². The zero-order valence-electron chi connectivity index (χ0n) is 7.03. The quantitative estimate of drug-likeness (QED) is 0.624. The van der Waals surface area contributed by atoms with Crippen molar-refractivity contribution in [2.24, 2.45) is 7.05 Å². The maximum Gasteiger partial charge on any atom is 0.236 e. The fourth-order valence-electron chi connectivity index (χ4n) is 0.962. The van der Waals surface area contributed by atoms with Crippen LogP contribution in [0.2, 0.25) is 0 Å². The van der Waals surface area contributed by atoms with Crippen LogP contribution in [0, 0.1) is 5.41 Å². The summed E-state index contributed by atoms with van der Waals surface area (Å²) in [7, 11) is 1.60. The lowest BCUT2D eigenvalue weighted by Gasteiger charge is -1.97. The second-order valence-electron chi connectivity index (χ2n) is 2.50. The third kappa shape index (κ3) is 1.13. The average molecular weight is 169 g/mol. The van der Waals surface area contributed by atoms with E-state index in [1.807, 2.05) is 0 Å². The van der Waals surface area contributed by atoms with Crippen molar-refractivity contribution in [1.29, 1.82) is 5.41 Å². The third-order valence-electron chi connectivity index (χ3n) is 1.64. The van der Waals surface area contributed by atoms with Crippen molar-refractivity contribution in [1.82, 2.24) is 9.13 Å². The molecule has 0 aromatic carbocycles. The Bertz CT molecular complexity index is 361. The molecule has 0 atom stereocenters. The van der Waals surface area contributed by atoms with Gasteiger partial charge in [-0.05, 0) is 0 Å². The van der Waals surface area contributed by atoms with Gasteiger partial charge in [-0.3, -0.25) is 10.2 Å². The van der Waals surface area contributed by atoms with Gasteiger partial charge in [0.15, 0.2) is 0 Å². The molecular formula is C7H11N3O2. The number of nitrogens with zero attached hydrogens (tertiary/aromatic N) is 2. The molecule has 2 N–H and O–H groups in total. The SMILES string of the molecule is CCC(=O)n1c(O)cn(C)c1=N. The van der Waals surface area contributed by atoms with Crippen molar-refractivity contribution in [3.05, 3.63) is 11.8 Å². The molecular weight excluding hydrogens is 158 g/mol. The molecule has 5 nitrogen and oxygen atoms in total. The van der Waals surface area contributed by atoms with E-state index in [2.05, 4.69) is 0 Å². The lowest BCUT2D eigenvalue weighted by molar-refractivity contribution is 0.0893. The van der Waals surface area contributed by atoms with E-state index in [0.29, 0.717) is 0 Å². The fourth-order valence-corrected chi connectivity index (χ4v) is 0.962. The molecule has 0 amide bonds. The Hall–Kier alpha value is -1.52. The van der Waals surface area contributed by atoms with Crippen LogP contribution in [0.25, 0.3) is 0 Å². The van der Waals surface area contributed by atoms with E-state index in [9.17, 15) is 9.90 Å². The number of nitrogens with one attached hydrogen (secondary N) is 1. The summed E-state index contributed by atoms with van der Waals surface area (Å²) in [5.41, 5.74) is -0.0145. The number of imidazole rings is 1. The molecule has 0 aliphatic carbocycles.